The number of methoxy groups -OCH3 is 1. The van der Waals surface area contributed by atoms with Crippen LogP contribution in [0.5, 0.6) is 0 Å². The lowest BCUT2D eigenvalue weighted by Gasteiger charge is -2.13. The summed E-state index contributed by atoms with van der Waals surface area (Å²) >= 11 is 0. The summed E-state index contributed by atoms with van der Waals surface area (Å²) in [5.74, 6) is -1.71. The molecule has 0 saturated heterocycles. The van der Waals surface area contributed by atoms with Crippen molar-refractivity contribution in [3.63, 3.8) is 0 Å². The van der Waals surface area contributed by atoms with Gasteiger partial charge in [0.25, 0.3) is 11.6 Å². The van der Waals surface area contributed by atoms with Crippen LogP contribution in [0.3, 0.4) is 0 Å². The van der Waals surface area contributed by atoms with Crippen LogP contribution in [0.2, 0.25) is 0 Å². The average molecular weight is 282 g/mol. The standard InChI is InChI=1S/C12H14N2O6/c1-20-8(6-11(15)16)7-13-12(17)9-4-2-3-5-10(9)14(18)19/h2-5,8H,6-7H2,1H3,(H,13,17)(H,15,16). The number of nitro benzene ring substituents is 1. The molecule has 20 heavy (non-hydrogen) atoms. The molecule has 0 heterocycles. The summed E-state index contributed by atoms with van der Waals surface area (Å²) in [5, 5.41) is 21.8. The first kappa shape index (κ1) is 15.6. The number of para-hydroxylation sites is 1. The molecule has 1 amide bonds. The highest BCUT2D eigenvalue weighted by molar-refractivity contribution is 5.98. The van der Waals surface area contributed by atoms with Gasteiger partial charge in [-0.25, -0.2) is 0 Å². The van der Waals surface area contributed by atoms with E-state index in [9.17, 15) is 19.7 Å². The molecule has 1 aromatic carbocycles. The summed E-state index contributed by atoms with van der Waals surface area (Å²) in [6.45, 7) is -0.0479. The molecule has 1 unspecified atom stereocenters. The molecule has 0 aliphatic heterocycles. The van der Waals surface area contributed by atoms with Gasteiger partial charge in [-0.15, -0.1) is 0 Å². The van der Waals surface area contributed by atoms with Crippen LogP contribution in [0.1, 0.15) is 16.8 Å². The number of amides is 1. The third kappa shape index (κ3) is 4.32. The maximum atomic E-state index is 11.9. The first-order chi connectivity index (χ1) is 9.45. The molecule has 0 radical (unpaired) electrons. The Bertz CT molecular complexity index is 516. The number of benzene rings is 1. The molecule has 0 aromatic heterocycles. The molecule has 8 nitrogen and oxygen atoms in total. The van der Waals surface area contributed by atoms with Crippen molar-refractivity contribution in [3.05, 3.63) is 39.9 Å². The normalized spacial score (nSPS) is 11.7. The van der Waals surface area contributed by atoms with Gasteiger partial charge in [0.15, 0.2) is 0 Å². The van der Waals surface area contributed by atoms with Crippen LogP contribution in [0.15, 0.2) is 24.3 Å². The monoisotopic (exact) mass is 282 g/mol. The quantitative estimate of drug-likeness (QED) is 0.564. The van der Waals surface area contributed by atoms with Crippen molar-refractivity contribution >= 4 is 17.6 Å². The fourth-order valence-corrected chi connectivity index (χ4v) is 1.56. The second-order valence-electron chi connectivity index (χ2n) is 3.94. The zero-order valence-electron chi connectivity index (χ0n) is 10.7. The van der Waals surface area contributed by atoms with Crippen molar-refractivity contribution in [2.75, 3.05) is 13.7 Å². The van der Waals surface area contributed by atoms with Crippen LogP contribution in [-0.4, -0.2) is 41.7 Å². The van der Waals surface area contributed by atoms with Crippen LogP contribution < -0.4 is 5.32 Å². The molecular formula is C12H14N2O6. The van der Waals surface area contributed by atoms with Crippen molar-refractivity contribution in [1.82, 2.24) is 5.32 Å². The second-order valence-corrected chi connectivity index (χ2v) is 3.94. The number of rotatable bonds is 7. The summed E-state index contributed by atoms with van der Waals surface area (Å²) in [4.78, 5) is 32.5. The summed E-state index contributed by atoms with van der Waals surface area (Å²) < 4.78 is 4.90. The lowest BCUT2D eigenvalue weighted by molar-refractivity contribution is -0.385. The van der Waals surface area contributed by atoms with E-state index in [4.69, 9.17) is 9.84 Å². The average Bonchev–Trinajstić information content (AvgIpc) is 2.42. The van der Waals surface area contributed by atoms with Crippen LogP contribution in [-0.2, 0) is 9.53 Å². The predicted octanol–water partition coefficient (Wildman–Crippen LogP) is 0.814. The molecule has 0 bridgehead atoms. The van der Waals surface area contributed by atoms with Gasteiger partial charge in [-0.1, -0.05) is 12.1 Å². The van der Waals surface area contributed by atoms with E-state index >= 15 is 0 Å². The van der Waals surface area contributed by atoms with Crippen LogP contribution in [0.25, 0.3) is 0 Å². The van der Waals surface area contributed by atoms with E-state index in [1.165, 1.54) is 31.4 Å². The van der Waals surface area contributed by atoms with Crippen molar-refractivity contribution in [1.29, 1.82) is 0 Å². The molecule has 8 heteroatoms. The van der Waals surface area contributed by atoms with E-state index in [0.717, 1.165) is 0 Å². The van der Waals surface area contributed by atoms with Crippen LogP contribution in [0, 0.1) is 10.1 Å². The number of carboxylic acid groups (broad SMARTS) is 1. The summed E-state index contributed by atoms with van der Waals surface area (Å²) in [6, 6.07) is 5.51. The maximum Gasteiger partial charge on any atom is 0.306 e. The zero-order valence-corrected chi connectivity index (χ0v) is 10.7. The number of hydrogen-bond acceptors (Lipinski definition) is 5. The van der Waals surface area contributed by atoms with Crippen molar-refractivity contribution in [2.24, 2.45) is 0 Å². The van der Waals surface area contributed by atoms with Gasteiger partial charge >= 0.3 is 5.97 Å². The van der Waals surface area contributed by atoms with Gasteiger partial charge < -0.3 is 15.2 Å². The molecule has 1 aromatic rings. The molecule has 0 fully saturated rings. The van der Waals surface area contributed by atoms with Gasteiger partial charge in [0.1, 0.15) is 5.56 Å². The summed E-state index contributed by atoms with van der Waals surface area (Å²) in [6.07, 6.45) is -0.965. The van der Waals surface area contributed by atoms with E-state index < -0.39 is 22.9 Å². The van der Waals surface area contributed by atoms with E-state index in [-0.39, 0.29) is 24.2 Å². The lowest BCUT2D eigenvalue weighted by Crippen LogP contribution is -2.34. The molecule has 0 spiro atoms. The first-order valence-corrected chi connectivity index (χ1v) is 5.72. The minimum atomic E-state index is -1.06. The van der Waals surface area contributed by atoms with Crippen LogP contribution in [0.4, 0.5) is 5.69 Å². The Morgan fingerprint density at radius 3 is 2.65 bits per heavy atom. The summed E-state index contributed by atoms with van der Waals surface area (Å²) in [7, 11) is 1.32. The van der Waals surface area contributed by atoms with Gasteiger partial charge in [-0.3, -0.25) is 19.7 Å². The molecule has 1 atom stereocenters. The Kier molecular flexibility index (Phi) is 5.60. The van der Waals surface area contributed by atoms with Crippen molar-refractivity contribution < 1.29 is 24.4 Å². The highest BCUT2D eigenvalue weighted by atomic mass is 16.6. The molecule has 1 rings (SSSR count). The van der Waals surface area contributed by atoms with Gasteiger partial charge in [0, 0.05) is 19.7 Å². The number of carbonyl (C=O) groups is 2. The number of aliphatic carboxylic acids is 1. The Balaban J connectivity index is 2.72. The van der Waals surface area contributed by atoms with E-state index in [0.29, 0.717) is 0 Å². The second kappa shape index (κ2) is 7.19. The maximum absolute atomic E-state index is 11.9. The fraction of sp³-hybridized carbons (Fsp3) is 0.333. The smallest absolute Gasteiger partial charge is 0.306 e. The molecular weight excluding hydrogens is 268 g/mol. The third-order valence-electron chi connectivity index (χ3n) is 2.57. The van der Waals surface area contributed by atoms with Gasteiger partial charge in [0.2, 0.25) is 0 Å². The number of ether oxygens (including phenoxy) is 1. The van der Waals surface area contributed by atoms with Crippen LogP contribution >= 0.6 is 0 Å². The molecule has 0 aliphatic rings. The first-order valence-electron chi connectivity index (χ1n) is 5.72. The largest absolute Gasteiger partial charge is 0.481 e. The van der Waals surface area contributed by atoms with E-state index in [1.54, 1.807) is 0 Å². The number of carboxylic acids is 1. The molecule has 0 aliphatic carbocycles. The number of nitrogens with zero attached hydrogens (tertiary/aromatic N) is 1. The summed E-state index contributed by atoms with van der Waals surface area (Å²) in [5.41, 5.74) is -0.389. The fourth-order valence-electron chi connectivity index (χ4n) is 1.56. The van der Waals surface area contributed by atoms with Gasteiger partial charge in [0.05, 0.1) is 17.4 Å². The van der Waals surface area contributed by atoms with E-state index in [1.807, 2.05) is 0 Å². The molecule has 0 saturated carbocycles. The SMILES string of the molecule is COC(CNC(=O)c1ccccc1[N+](=O)[O-])CC(=O)O. The lowest BCUT2D eigenvalue weighted by atomic mass is 10.1. The minimum Gasteiger partial charge on any atom is -0.481 e. The Morgan fingerprint density at radius 2 is 2.10 bits per heavy atom. The minimum absolute atomic E-state index is 0.0479. The Labute approximate surface area is 114 Å². The highest BCUT2D eigenvalue weighted by Gasteiger charge is 2.20. The zero-order chi connectivity index (χ0) is 15.1. The molecule has 108 valence electrons. The van der Waals surface area contributed by atoms with Crippen molar-refractivity contribution in [2.45, 2.75) is 12.5 Å². The van der Waals surface area contributed by atoms with Crippen molar-refractivity contribution in [3.8, 4) is 0 Å². The third-order valence-corrected chi connectivity index (χ3v) is 2.57. The predicted molar refractivity (Wildman–Crippen MR) is 68.5 cm³/mol. The number of hydrogen-bond donors (Lipinski definition) is 2. The number of nitro groups is 1. The van der Waals surface area contributed by atoms with E-state index in [2.05, 4.69) is 5.32 Å². The van der Waals surface area contributed by atoms with Gasteiger partial charge in [-0.2, -0.15) is 0 Å². The molecule has 2 N–H and O–H groups in total. The van der Waals surface area contributed by atoms with Gasteiger partial charge in [-0.05, 0) is 6.07 Å². The number of nitrogens with one attached hydrogen (secondary N) is 1. The Hall–Kier alpha value is -2.48. The topological polar surface area (TPSA) is 119 Å². The number of carbonyl (C=O) groups excluding carboxylic acids is 1. The highest BCUT2D eigenvalue weighted by Crippen LogP contribution is 2.17. The Morgan fingerprint density at radius 1 is 1.45 bits per heavy atom.